The Bertz CT molecular complexity index is 398. The molecular weight excluding hydrogens is 310 g/mol. The Balaban J connectivity index is 1.97. The van der Waals surface area contributed by atoms with Gasteiger partial charge in [0.25, 0.3) is 0 Å². The first kappa shape index (κ1) is 16.0. The average Bonchev–Trinajstić information content (AvgIpc) is 2.46. The number of nitrogens with one attached hydrogen (secondary N) is 1. The van der Waals surface area contributed by atoms with E-state index in [4.69, 9.17) is 0 Å². The average molecular weight is 338 g/mol. The molecule has 20 heavy (non-hydrogen) atoms. The summed E-state index contributed by atoms with van der Waals surface area (Å²) < 4.78 is 1.16. The third-order valence-electron chi connectivity index (χ3n) is 4.78. The second kappa shape index (κ2) is 7.61. The molecule has 0 bridgehead atoms. The maximum absolute atomic E-state index is 3.91. The zero-order valence-electron chi connectivity index (χ0n) is 13.0. The van der Waals surface area contributed by atoms with Crippen molar-refractivity contribution in [3.8, 4) is 0 Å². The van der Waals surface area contributed by atoms with Crippen molar-refractivity contribution in [1.82, 2.24) is 5.32 Å². The standard InChI is InChI=1S/C18H28BrN/c1-4-18(14-8-10-16(19)11-9-14)20-17-7-5-6-15(12-17)13(2)3/h8-11,13,15,17-18,20H,4-7,12H2,1-3H3. The van der Waals surface area contributed by atoms with E-state index in [1.807, 2.05) is 0 Å². The van der Waals surface area contributed by atoms with Gasteiger partial charge >= 0.3 is 0 Å². The Hall–Kier alpha value is -0.340. The minimum atomic E-state index is 0.499. The first-order valence-electron chi connectivity index (χ1n) is 8.11. The normalized spacial score (nSPS) is 24.9. The Morgan fingerprint density at radius 1 is 1.20 bits per heavy atom. The largest absolute Gasteiger partial charge is 0.307 e. The topological polar surface area (TPSA) is 12.0 Å². The van der Waals surface area contributed by atoms with Crippen LogP contribution in [0, 0.1) is 11.8 Å². The molecule has 1 N–H and O–H groups in total. The summed E-state index contributed by atoms with van der Waals surface area (Å²) >= 11 is 3.52. The first-order chi connectivity index (χ1) is 9.60. The summed E-state index contributed by atoms with van der Waals surface area (Å²) in [7, 11) is 0. The fourth-order valence-corrected chi connectivity index (χ4v) is 3.68. The van der Waals surface area contributed by atoms with Gasteiger partial charge in [-0.3, -0.25) is 0 Å². The van der Waals surface area contributed by atoms with Crippen LogP contribution in [-0.2, 0) is 0 Å². The van der Waals surface area contributed by atoms with Crippen molar-refractivity contribution in [2.45, 2.75) is 65.0 Å². The fraction of sp³-hybridized carbons (Fsp3) is 0.667. The number of hydrogen-bond acceptors (Lipinski definition) is 1. The van der Waals surface area contributed by atoms with Gasteiger partial charge in [-0.05, 0) is 48.8 Å². The predicted molar refractivity (Wildman–Crippen MR) is 90.9 cm³/mol. The summed E-state index contributed by atoms with van der Waals surface area (Å²) in [6.45, 7) is 7.03. The van der Waals surface area contributed by atoms with E-state index in [9.17, 15) is 0 Å². The molecular formula is C18H28BrN. The van der Waals surface area contributed by atoms with Crippen LogP contribution in [0.15, 0.2) is 28.7 Å². The molecule has 3 atom stereocenters. The summed E-state index contributed by atoms with van der Waals surface area (Å²) in [5.41, 5.74) is 1.42. The van der Waals surface area contributed by atoms with Gasteiger partial charge in [0, 0.05) is 16.6 Å². The van der Waals surface area contributed by atoms with Gasteiger partial charge in [0.05, 0.1) is 0 Å². The maximum Gasteiger partial charge on any atom is 0.0320 e. The van der Waals surface area contributed by atoms with Crippen molar-refractivity contribution >= 4 is 15.9 Å². The van der Waals surface area contributed by atoms with E-state index < -0.39 is 0 Å². The minimum absolute atomic E-state index is 0.499. The van der Waals surface area contributed by atoms with E-state index in [-0.39, 0.29) is 0 Å². The van der Waals surface area contributed by atoms with Gasteiger partial charge in [0.15, 0.2) is 0 Å². The smallest absolute Gasteiger partial charge is 0.0320 e. The van der Waals surface area contributed by atoms with Gasteiger partial charge in [-0.1, -0.05) is 61.7 Å². The highest BCUT2D eigenvalue weighted by Gasteiger charge is 2.25. The molecule has 1 aliphatic rings. The van der Waals surface area contributed by atoms with Gasteiger partial charge in [-0.2, -0.15) is 0 Å². The Labute approximate surface area is 132 Å². The van der Waals surface area contributed by atoms with E-state index >= 15 is 0 Å². The van der Waals surface area contributed by atoms with Crippen molar-refractivity contribution in [2.75, 3.05) is 0 Å². The number of rotatable bonds is 5. The lowest BCUT2D eigenvalue weighted by atomic mass is 9.79. The number of benzene rings is 1. The van der Waals surface area contributed by atoms with Crippen LogP contribution in [0.5, 0.6) is 0 Å². The van der Waals surface area contributed by atoms with E-state index in [0.717, 1.165) is 22.7 Å². The molecule has 1 nitrogen and oxygen atoms in total. The molecule has 1 aromatic rings. The van der Waals surface area contributed by atoms with Crippen LogP contribution in [0.4, 0.5) is 0 Å². The lowest BCUT2D eigenvalue weighted by Gasteiger charge is -2.34. The Morgan fingerprint density at radius 3 is 2.50 bits per heavy atom. The zero-order valence-corrected chi connectivity index (χ0v) is 14.6. The van der Waals surface area contributed by atoms with Crippen molar-refractivity contribution in [1.29, 1.82) is 0 Å². The lowest BCUT2D eigenvalue weighted by molar-refractivity contribution is 0.219. The third-order valence-corrected chi connectivity index (χ3v) is 5.30. The van der Waals surface area contributed by atoms with Crippen molar-refractivity contribution in [3.05, 3.63) is 34.3 Å². The number of halogens is 1. The summed E-state index contributed by atoms with van der Waals surface area (Å²) in [4.78, 5) is 0. The zero-order chi connectivity index (χ0) is 14.5. The molecule has 1 fully saturated rings. The molecule has 0 amide bonds. The second-order valence-electron chi connectivity index (χ2n) is 6.55. The Kier molecular flexibility index (Phi) is 6.10. The van der Waals surface area contributed by atoms with Gasteiger partial charge in [0.1, 0.15) is 0 Å². The van der Waals surface area contributed by atoms with Crippen LogP contribution in [0.1, 0.15) is 64.5 Å². The van der Waals surface area contributed by atoms with Crippen LogP contribution in [0.3, 0.4) is 0 Å². The first-order valence-corrected chi connectivity index (χ1v) is 8.91. The van der Waals surface area contributed by atoms with Gasteiger partial charge in [-0.15, -0.1) is 0 Å². The molecule has 2 rings (SSSR count). The van der Waals surface area contributed by atoms with Crippen LogP contribution in [0.2, 0.25) is 0 Å². The molecule has 112 valence electrons. The lowest BCUT2D eigenvalue weighted by Crippen LogP contribution is -2.37. The molecule has 1 aromatic carbocycles. The van der Waals surface area contributed by atoms with Crippen LogP contribution < -0.4 is 5.32 Å². The van der Waals surface area contributed by atoms with Gasteiger partial charge in [-0.25, -0.2) is 0 Å². The molecule has 0 spiro atoms. The summed E-state index contributed by atoms with van der Waals surface area (Å²) in [6.07, 6.45) is 6.66. The van der Waals surface area contributed by atoms with Crippen molar-refractivity contribution in [3.63, 3.8) is 0 Å². The van der Waals surface area contributed by atoms with E-state index in [1.165, 1.54) is 31.2 Å². The molecule has 0 aliphatic heterocycles. The van der Waals surface area contributed by atoms with Gasteiger partial charge in [0.2, 0.25) is 0 Å². The van der Waals surface area contributed by atoms with Crippen LogP contribution in [-0.4, -0.2) is 6.04 Å². The van der Waals surface area contributed by atoms with Crippen molar-refractivity contribution < 1.29 is 0 Å². The number of hydrogen-bond donors (Lipinski definition) is 1. The van der Waals surface area contributed by atoms with E-state index in [0.29, 0.717) is 12.1 Å². The quantitative estimate of drug-likeness (QED) is 0.726. The molecule has 3 unspecified atom stereocenters. The summed E-state index contributed by atoms with van der Waals surface area (Å²) in [5.74, 6) is 1.73. The molecule has 0 radical (unpaired) electrons. The predicted octanol–water partition coefficient (Wildman–Crippen LogP) is 5.70. The minimum Gasteiger partial charge on any atom is -0.307 e. The highest BCUT2D eigenvalue weighted by atomic mass is 79.9. The molecule has 1 saturated carbocycles. The molecule has 1 aliphatic carbocycles. The molecule has 0 saturated heterocycles. The van der Waals surface area contributed by atoms with Crippen molar-refractivity contribution in [2.24, 2.45) is 11.8 Å². The highest BCUT2D eigenvalue weighted by Crippen LogP contribution is 2.31. The van der Waals surface area contributed by atoms with Crippen LogP contribution >= 0.6 is 15.9 Å². The van der Waals surface area contributed by atoms with Gasteiger partial charge < -0.3 is 5.32 Å². The van der Waals surface area contributed by atoms with E-state index in [1.54, 1.807) is 0 Å². The summed E-state index contributed by atoms with van der Waals surface area (Å²) in [6, 6.07) is 9.99. The third kappa shape index (κ3) is 4.33. The fourth-order valence-electron chi connectivity index (χ4n) is 3.41. The second-order valence-corrected chi connectivity index (χ2v) is 7.46. The molecule has 0 aromatic heterocycles. The van der Waals surface area contributed by atoms with Crippen LogP contribution in [0.25, 0.3) is 0 Å². The molecule has 0 heterocycles. The molecule has 2 heteroatoms. The Morgan fingerprint density at radius 2 is 1.90 bits per heavy atom. The maximum atomic E-state index is 3.91. The SMILES string of the molecule is CCC(NC1CCCC(C(C)C)C1)c1ccc(Br)cc1. The van der Waals surface area contributed by atoms with E-state index in [2.05, 4.69) is 66.3 Å². The summed E-state index contributed by atoms with van der Waals surface area (Å²) in [5, 5.41) is 3.91. The monoisotopic (exact) mass is 337 g/mol. The highest BCUT2D eigenvalue weighted by molar-refractivity contribution is 9.10.